The predicted molar refractivity (Wildman–Crippen MR) is 72.7 cm³/mol. The molecular weight excluding hydrogens is 250 g/mol. The normalized spacial score (nSPS) is 13.6. The lowest BCUT2D eigenvalue weighted by atomic mass is 10.2. The zero-order valence-electron chi connectivity index (χ0n) is 11.4. The molecule has 18 heavy (non-hydrogen) atoms. The highest BCUT2D eigenvalue weighted by atomic mass is 32.2. The maximum Gasteiger partial charge on any atom is 0.180 e. The summed E-state index contributed by atoms with van der Waals surface area (Å²) >= 11 is 0. The van der Waals surface area contributed by atoms with Crippen molar-refractivity contribution in [2.45, 2.75) is 24.8 Å². The number of benzene rings is 1. The minimum Gasteiger partial charge on any atom is -0.383 e. The van der Waals surface area contributed by atoms with Crippen molar-refractivity contribution in [2.75, 3.05) is 26.5 Å². The highest BCUT2D eigenvalue weighted by Gasteiger charge is 2.22. The van der Waals surface area contributed by atoms with Gasteiger partial charge in [-0.2, -0.15) is 0 Å². The van der Waals surface area contributed by atoms with Gasteiger partial charge in [-0.1, -0.05) is 12.1 Å². The number of aryl methyl sites for hydroxylation is 2. The van der Waals surface area contributed by atoms with Crippen LogP contribution in [-0.2, 0) is 14.6 Å². The summed E-state index contributed by atoms with van der Waals surface area (Å²) in [4.78, 5) is 0.416. The van der Waals surface area contributed by atoms with E-state index in [9.17, 15) is 8.42 Å². The molecule has 4 nitrogen and oxygen atoms in total. The summed E-state index contributed by atoms with van der Waals surface area (Å²) in [5.41, 5.74) is 1.74. The van der Waals surface area contributed by atoms with E-state index in [1.54, 1.807) is 20.2 Å². The first-order chi connectivity index (χ1) is 8.40. The van der Waals surface area contributed by atoms with Gasteiger partial charge in [0.2, 0.25) is 0 Å². The van der Waals surface area contributed by atoms with Crippen LogP contribution in [0.5, 0.6) is 0 Å². The zero-order chi connectivity index (χ0) is 13.8. The molecule has 0 fully saturated rings. The first-order valence-corrected chi connectivity index (χ1v) is 7.52. The summed E-state index contributed by atoms with van der Waals surface area (Å²) in [5, 5.41) is 2.96. The Labute approximate surface area is 109 Å². The van der Waals surface area contributed by atoms with Crippen molar-refractivity contribution in [2.24, 2.45) is 0 Å². The minimum absolute atomic E-state index is 0.0433. The smallest absolute Gasteiger partial charge is 0.180 e. The van der Waals surface area contributed by atoms with Gasteiger partial charge >= 0.3 is 0 Å². The monoisotopic (exact) mass is 271 g/mol. The van der Waals surface area contributed by atoms with Gasteiger partial charge in [0.15, 0.2) is 9.84 Å². The number of nitrogens with one attached hydrogen (secondary N) is 1. The fourth-order valence-electron chi connectivity index (χ4n) is 1.81. The molecular formula is C13H21NO3S. The molecule has 0 aliphatic rings. The number of methoxy groups -OCH3 is 1. The van der Waals surface area contributed by atoms with E-state index in [0.29, 0.717) is 11.5 Å². The first-order valence-electron chi connectivity index (χ1n) is 5.87. The molecule has 1 rings (SSSR count). The van der Waals surface area contributed by atoms with Crippen LogP contribution in [0, 0.1) is 13.8 Å². The van der Waals surface area contributed by atoms with E-state index in [4.69, 9.17) is 4.74 Å². The van der Waals surface area contributed by atoms with Crippen LogP contribution in [0.25, 0.3) is 0 Å². The molecule has 5 heteroatoms. The van der Waals surface area contributed by atoms with Gasteiger partial charge in [-0.15, -0.1) is 0 Å². The van der Waals surface area contributed by atoms with Gasteiger partial charge in [0.25, 0.3) is 0 Å². The molecule has 0 saturated heterocycles. The summed E-state index contributed by atoms with van der Waals surface area (Å²) in [6.07, 6.45) is 0. The summed E-state index contributed by atoms with van der Waals surface area (Å²) in [5.74, 6) is 0.0433. The van der Waals surface area contributed by atoms with Crippen LogP contribution >= 0.6 is 0 Å². The van der Waals surface area contributed by atoms with Crippen molar-refractivity contribution in [3.8, 4) is 0 Å². The average molecular weight is 271 g/mol. The molecule has 1 unspecified atom stereocenters. The van der Waals surface area contributed by atoms with E-state index >= 15 is 0 Å². The van der Waals surface area contributed by atoms with E-state index in [1.807, 2.05) is 26.0 Å². The molecule has 0 amide bonds. The van der Waals surface area contributed by atoms with Gasteiger partial charge < -0.3 is 10.1 Å². The van der Waals surface area contributed by atoms with Crippen LogP contribution in [-0.4, -0.2) is 41.0 Å². The number of hydrogen-bond donors (Lipinski definition) is 1. The van der Waals surface area contributed by atoms with Crippen LogP contribution in [0.3, 0.4) is 0 Å². The van der Waals surface area contributed by atoms with Gasteiger partial charge in [-0.05, 0) is 38.1 Å². The molecule has 1 N–H and O–H groups in total. The van der Waals surface area contributed by atoms with Gasteiger partial charge in [0, 0.05) is 13.2 Å². The summed E-state index contributed by atoms with van der Waals surface area (Å²) in [6.45, 7) is 4.08. The quantitative estimate of drug-likeness (QED) is 0.847. The van der Waals surface area contributed by atoms with Crippen LogP contribution in [0.15, 0.2) is 23.1 Å². The number of hydrogen-bond acceptors (Lipinski definition) is 4. The molecule has 0 saturated carbocycles. The van der Waals surface area contributed by atoms with Crippen molar-refractivity contribution in [1.29, 1.82) is 0 Å². The molecule has 102 valence electrons. The highest BCUT2D eigenvalue weighted by Crippen LogP contribution is 2.18. The molecule has 0 bridgehead atoms. The first kappa shape index (κ1) is 15.1. The fourth-order valence-corrected chi connectivity index (χ4v) is 3.71. The maximum atomic E-state index is 12.4. The Balaban J connectivity index is 3.02. The molecule has 1 atom stereocenters. The third-order valence-corrected chi connectivity index (χ3v) is 4.83. The minimum atomic E-state index is -3.29. The number of likely N-dealkylation sites (N-methyl/N-ethyl adjacent to an activating group) is 1. The topological polar surface area (TPSA) is 55.4 Å². The molecule has 0 heterocycles. The lowest BCUT2D eigenvalue weighted by Gasteiger charge is -2.16. The van der Waals surface area contributed by atoms with E-state index in [2.05, 4.69) is 5.32 Å². The second-order valence-electron chi connectivity index (χ2n) is 4.49. The van der Waals surface area contributed by atoms with Gasteiger partial charge in [0.1, 0.15) is 0 Å². The summed E-state index contributed by atoms with van der Waals surface area (Å²) in [6, 6.07) is 5.29. The molecule has 0 aliphatic carbocycles. The molecule has 0 aliphatic heterocycles. The molecule has 0 radical (unpaired) electrons. The van der Waals surface area contributed by atoms with Crippen molar-refractivity contribution < 1.29 is 13.2 Å². The Morgan fingerprint density at radius 1 is 1.33 bits per heavy atom. The van der Waals surface area contributed by atoms with Gasteiger partial charge in [-0.3, -0.25) is 0 Å². The van der Waals surface area contributed by atoms with Crippen molar-refractivity contribution >= 4 is 9.84 Å². The maximum absolute atomic E-state index is 12.4. The van der Waals surface area contributed by atoms with Crippen LogP contribution in [0.4, 0.5) is 0 Å². The standard InChI is InChI=1S/C13H21NO3S/c1-10-5-6-11(2)13(7-10)18(15,16)9-12(14-3)8-17-4/h5-7,12,14H,8-9H2,1-4H3. The third-order valence-electron chi connectivity index (χ3n) is 2.88. The average Bonchev–Trinajstić information content (AvgIpc) is 2.31. The Bertz CT molecular complexity index is 497. The van der Waals surface area contributed by atoms with Crippen LogP contribution in [0.2, 0.25) is 0 Å². The van der Waals surface area contributed by atoms with Crippen LogP contribution < -0.4 is 5.32 Å². The van der Waals surface area contributed by atoms with E-state index in [-0.39, 0.29) is 11.8 Å². The van der Waals surface area contributed by atoms with E-state index < -0.39 is 9.84 Å². The fraction of sp³-hybridized carbons (Fsp3) is 0.538. The predicted octanol–water partition coefficient (Wildman–Crippen LogP) is 1.31. The number of ether oxygens (including phenoxy) is 1. The second-order valence-corrected chi connectivity index (χ2v) is 6.49. The Morgan fingerprint density at radius 3 is 2.56 bits per heavy atom. The highest BCUT2D eigenvalue weighted by molar-refractivity contribution is 7.91. The van der Waals surface area contributed by atoms with Crippen molar-refractivity contribution in [3.05, 3.63) is 29.3 Å². The van der Waals surface area contributed by atoms with Gasteiger partial charge in [-0.25, -0.2) is 8.42 Å². The number of sulfone groups is 1. The molecule has 1 aromatic carbocycles. The van der Waals surface area contributed by atoms with Gasteiger partial charge in [0.05, 0.1) is 17.3 Å². The van der Waals surface area contributed by atoms with E-state index in [1.165, 1.54) is 0 Å². The summed E-state index contributed by atoms with van der Waals surface area (Å²) < 4.78 is 29.7. The number of rotatable bonds is 6. The Morgan fingerprint density at radius 2 is 2.00 bits per heavy atom. The lowest BCUT2D eigenvalue weighted by Crippen LogP contribution is -2.37. The zero-order valence-corrected chi connectivity index (χ0v) is 12.2. The second kappa shape index (κ2) is 6.31. The SMILES string of the molecule is CNC(COC)CS(=O)(=O)c1cc(C)ccc1C. The van der Waals surface area contributed by atoms with Crippen molar-refractivity contribution in [1.82, 2.24) is 5.32 Å². The molecule has 1 aromatic rings. The van der Waals surface area contributed by atoms with Crippen LogP contribution in [0.1, 0.15) is 11.1 Å². The lowest BCUT2D eigenvalue weighted by molar-refractivity contribution is 0.176. The van der Waals surface area contributed by atoms with E-state index in [0.717, 1.165) is 11.1 Å². The third kappa shape index (κ3) is 3.80. The van der Waals surface area contributed by atoms with Crippen molar-refractivity contribution in [3.63, 3.8) is 0 Å². The molecule has 0 spiro atoms. The Hall–Kier alpha value is -0.910. The molecule has 0 aromatic heterocycles. The summed E-state index contributed by atoms with van der Waals surface area (Å²) in [7, 11) is 0.0133. The largest absolute Gasteiger partial charge is 0.383 e. The Kier molecular flexibility index (Phi) is 5.31.